The Kier molecular flexibility index (Phi) is 5.12. The molecule has 1 aromatic heterocycles. The first kappa shape index (κ1) is 19.0. The van der Waals surface area contributed by atoms with Gasteiger partial charge < -0.3 is 10.6 Å². The van der Waals surface area contributed by atoms with E-state index in [4.69, 9.17) is 17.3 Å². The van der Waals surface area contributed by atoms with Crippen LogP contribution < -0.4 is 5.73 Å². The van der Waals surface area contributed by atoms with Gasteiger partial charge in [0.05, 0.1) is 0 Å². The Balaban J connectivity index is 1.34. The molecule has 2 N–H and O–H groups in total. The van der Waals surface area contributed by atoms with Crippen molar-refractivity contribution in [1.29, 1.82) is 0 Å². The normalized spacial score (nSPS) is 24.0. The molecule has 3 atom stereocenters. The van der Waals surface area contributed by atoms with Gasteiger partial charge in [-0.15, -0.1) is 0 Å². The summed E-state index contributed by atoms with van der Waals surface area (Å²) in [5, 5.41) is 4.78. The number of hydrogen-bond donors (Lipinski definition) is 1. The third-order valence-corrected chi connectivity index (χ3v) is 6.40. The van der Waals surface area contributed by atoms with Gasteiger partial charge in [0.1, 0.15) is 0 Å². The van der Waals surface area contributed by atoms with Gasteiger partial charge in [-0.3, -0.25) is 9.69 Å². The average molecular weight is 402 g/mol. The highest BCUT2D eigenvalue weighted by molar-refractivity contribution is 6.31. The number of fused-ring (bicyclic) bond motifs is 1. The maximum atomic E-state index is 12.7. The number of nitrogens with zero attached hydrogens (tertiary/aromatic N) is 4. The van der Waals surface area contributed by atoms with Gasteiger partial charge in [-0.05, 0) is 49.4 Å². The molecule has 1 unspecified atom stereocenters. The molecular weight excluding hydrogens is 378 g/mol. The molecule has 148 valence electrons. The van der Waals surface area contributed by atoms with Gasteiger partial charge in [-0.2, -0.15) is 9.78 Å². The lowest BCUT2D eigenvalue weighted by molar-refractivity contribution is 0.0995. The third kappa shape index (κ3) is 3.64. The highest BCUT2D eigenvalue weighted by Crippen LogP contribution is 2.40. The van der Waals surface area contributed by atoms with E-state index in [1.165, 1.54) is 16.9 Å². The molecule has 2 heterocycles. The van der Waals surface area contributed by atoms with Crippen molar-refractivity contribution in [1.82, 2.24) is 19.6 Å². The zero-order valence-electron chi connectivity index (χ0n) is 15.8. The van der Waals surface area contributed by atoms with Crippen LogP contribution in [0.1, 0.15) is 28.9 Å². The van der Waals surface area contributed by atoms with Crippen molar-refractivity contribution in [2.75, 3.05) is 20.1 Å². The van der Waals surface area contributed by atoms with Crippen LogP contribution in [-0.2, 0) is 6.54 Å². The lowest BCUT2D eigenvalue weighted by Crippen LogP contribution is -2.36. The Morgan fingerprint density at radius 2 is 1.89 bits per heavy atom. The van der Waals surface area contributed by atoms with E-state index in [1.54, 1.807) is 0 Å². The highest BCUT2D eigenvalue weighted by Gasteiger charge is 2.43. The van der Waals surface area contributed by atoms with Crippen LogP contribution in [0.2, 0.25) is 5.02 Å². The molecule has 1 saturated heterocycles. The van der Waals surface area contributed by atoms with E-state index in [-0.39, 0.29) is 11.7 Å². The van der Waals surface area contributed by atoms with E-state index < -0.39 is 5.91 Å². The van der Waals surface area contributed by atoms with E-state index in [9.17, 15) is 9.59 Å². The van der Waals surface area contributed by atoms with Gasteiger partial charge >= 0.3 is 6.03 Å². The summed E-state index contributed by atoms with van der Waals surface area (Å²) in [7, 11) is 2.15. The number of carbonyl (C=O) groups is 2. The Labute approximate surface area is 169 Å². The molecule has 2 fully saturated rings. The largest absolute Gasteiger partial charge is 0.364 e. The standard InChI is InChI=1S/C20H24ClN5O2/c1-24(10-13-4-2-3-5-17(13)21)16-8-14-11-25(12-15(14)9-16)20(28)26-7-6-18(23-26)19(22)27/h2-7,14-16H,8-12H2,1H3,(H2,22,27)/t14-,15+,16?. The van der Waals surface area contributed by atoms with Crippen LogP contribution in [0.3, 0.4) is 0 Å². The second kappa shape index (κ2) is 7.56. The van der Waals surface area contributed by atoms with Gasteiger partial charge in [-0.1, -0.05) is 29.8 Å². The summed E-state index contributed by atoms with van der Waals surface area (Å²) in [5.74, 6) is 0.358. The summed E-state index contributed by atoms with van der Waals surface area (Å²) in [6, 6.07) is 9.73. The molecule has 2 amide bonds. The molecule has 0 radical (unpaired) electrons. The SMILES string of the molecule is CN(Cc1ccccc1Cl)C1C[C@@H]2CN(C(=O)n3ccc(C(N)=O)n3)C[C@@H]2C1. The quantitative estimate of drug-likeness (QED) is 0.852. The zero-order chi connectivity index (χ0) is 19.8. The first-order valence-electron chi connectivity index (χ1n) is 9.50. The molecule has 1 aliphatic heterocycles. The number of aromatic nitrogens is 2. The summed E-state index contributed by atoms with van der Waals surface area (Å²) in [6.07, 6.45) is 3.64. The number of benzene rings is 1. The van der Waals surface area contributed by atoms with Gasteiger partial charge in [-0.25, -0.2) is 4.79 Å². The van der Waals surface area contributed by atoms with E-state index in [1.807, 2.05) is 23.1 Å². The van der Waals surface area contributed by atoms with E-state index in [0.717, 1.165) is 43.1 Å². The van der Waals surface area contributed by atoms with Crippen LogP contribution in [-0.4, -0.2) is 57.7 Å². The lowest BCUT2D eigenvalue weighted by atomic mass is 10.0. The van der Waals surface area contributed by atoms with Crippen molar-refractivity contribution in [3.05, 3.63) is 52.8 Å². The van der Waals surface area contributed by atoms with Crippen molar-refractivity contribution in [3.8, 4) is 0 Å². The predicted molar refractivity (Wildman–Crippen MR) is 106 cm³/mol. The van der Waals surface area contributed by atoms with Gasteiger partial charge in [0.15, 0.2) is 5.69 Å². The van der Waals surface area contributed by atoms with Crippen molar-refractivity contribution in [3.63, 3.8) is 0 Å². The first-order chi connectivity index (χ1) is 13.4. The minimum atomic E-state index is -0.630. The van der Waals surface area contributed by atoms with Crippen molar-refractivity contribution in [2.24, 2.45) is 17.6 Å². The van der Waals surface area contributed by atoms with Gasteiger partial charge in [0.25, 0.3) is 5.91 Å². The second-order valence-electron chi connectivity index (χ2n) is 7.85. The van der Waals surface area contributed by atoms with Crippen LogP contribution in [0.5, 0.6) is 0 Å². The molecule has 1 aromatic carbocycles. The zero-order valence-corrected chi connectivity index (χ0v) is 16.5. The fourth-order valence-corrected chi connectivity index (χ4v) is 4.71. The number of carbonyl (C=O) groups excluding carboxylic acids is 2. The molecule has 28 heavy (non-hydrogen) atoms. The van der Waals surface area contributed by atoms with E-state index in [2.05, 4.69) is 23.1 Å². The topological polar surface area (TPSA) is 84.5 Å². The number of nitrogens with two attached hydrogens (primary N) is 1. The Morgan fingerprint density at radius 1 is 1.21 bits per heavy atom. The van der Waals surface area contributed by atoms with Crippen molar-refractivity contribution in [2.45, 2.75) is 25.4 Å². The fraction of sp³-hybridized carbons (Fsp3) is 0.450. The van der Waals surface area contributed by atoms with Crippen LogP contribution in [0.25, 0.3) is 0 Å². The summed E-state index contributed by atoms with van der Waals surface area (Å²) in [4.78, 5) is 28.0. The summed E-state index contributed by atoms with van der Waals surface area (Å²) in [5.41, 5.74) is 6.46. The van der Waals surface area contributed by atoms with Crippen LogP contribution in [0, 0.1) is 11.8 Å². The summed E-state index contributed by atoms with van der Waals surface area (Å²) < 4.78 is 1.21. The number of hydrogen-bond acceptors (Lipinski definition) is 4. The number of amides is 2. The number of likely N-dealkylation sites (tertiary alicyclic amines) is 1. The van der Waals surface area contributed by atoms with E-state index >= 15 is 0 Å². The average Bonchev–Trinajstić information content (AvgIpc) is 3.37. The highest BCUT2D eigenvalue weighted by atomic mass is 35.5. The third-order valence-electron chi connectivity index (χ3n) is 6.04. The Hall–Kier alpha value is -2.38. The lowest BCUT2D eigenvalue weighted by Gasteiger charge is -2.26. The molecule has 1 saturated carbocycles. The molecule has 8 heteroatoms. The first-order valence-corrected chi connectivity index (χ1v) is 9.88. The second-order valence-corrected chi connectivity index (χ2v) is 8.26. The van der Waals surface area contributed by atoms with Crippen LogP contribution in [0.4, 0.5) is 4.79 Å². The maximum Gasteiger partial charge on any atom is 0.344 e. The molecule has 0 bridgehead atoms. The number of rotatable bonds is 4. The van der Waals surface area contributed by atoms with Crippen LogP contribution in [0.15, 0.2) is 36.5 Å². The summed E-state index contributed by atoms with van der Waals surface area (Å²) in [6.45, 7) is 2.28. The molecular formula is C20H24ClN5O2. The van der Waals surface area contributed by atoms with Crippen molar-refractivity contribution < 1.29 is 9.59 Å². The maximum absolute atomic E-state index is 12.7. The molecule has 0 spiro atoms. The monoisotopic (exact) mass is 401 g/mol. The molecule has 2 aromatic rings. The van der Waals surface area contributed by atoms with E-state index in [0.29, 0.717) is 17.9 Å². The Bertz CT molecular complexity index is 884. The number of primary amides is 1. The minimum Gasteiger partial charge on any atom is -0.364 e. The summed E-state index contributed by atoms with van der Waals surface area (Å²) >= 11 is 6.30. The fourth-order valence-electron chi connectivity index (χ4n) is 4.52. The van der Waals surface area contributed by atoms with Gasteiger partial charge in [0.2, 0.25) is 0 Å². The van der Waals surface area contributed by atoms with Crippen LogP contribution >= 0.6 is 11.6 Å². The Morgan fingerprint density at radius 3 is 2.50 bits per heavy atom. The molecule has 1 aliphatic carbocycles. The van der Waals surface area contributed by atoms with Gasteiger partial charge in [0, 0.05) is 36.9 Å². The molecule has 2 aliphatic rings. The molecule has 4 rings (SSSR count). The predicted octanol–water partition coefficient (Wildman–Crippen LogP) is 2.45. The smallest absolute Gasteiger partial charge is 0.344 e. The van der Waals surface area contributed by atoms with Crippen molar-refractivity contribution >= 4 is 23.5 Å². The number of halogens is 1. The molecule has 7 nitrogen and oxygen atoms in total. The minimum absolute atomic E-state index is 0.106.